The van der Waals surface area contributed by atoms with Crippen LogP contribution in [-0.4, -0.2) is 17.3 Å². The van der Waals surface area contributed by atoms with E-state index in [2.05, 4.69) is 24.5 Å². The summed E-state index contributed by atoms with van der Waals surface area (Å²) >= 11 is 4.45. The summed E-state index contributed by atoms with van der Waals surface area (Å²) in [5.41, 5.74) is 2.44. The second-order valence-corrected chi connectivity index (χ2v) is 5.37. The van der Waals surface area contributed by atoms with E-state index >= 15 is 0 Å². The lowest BCUT2D eigenvalue weighted by Crippen LogP contribution is -2.37. The Hall–Kier alpha value is -0.700. The highest BCUT2D eigenvalue weighted by Gasteiger charge is 2.36. The summed E-state index contributed by atoms with van der Waals surface area (Å²) in [4.78, 5) is 4.52. The molecule has 0 spiro atoms. The maximum Gasteiger partial charge on any atom is 0.140 e. The van der Waals surface area contributed by atoms with E-state index in [1.807, 2.05) is 19.1 Å². The highest BCUT2D eigenvalue weighted by molar-refractivity contribution is 7.80. The van der Waals surface area contributed by atoms with Crippen molar-refractivity contribution >= 4 is 12.6 Å². The molecule has 0 unspecified atom stereocenters. The molecule has 94 valence electrons. The summed E-state index contributed by atoms with van der Waals surface area (Å²) in [6, 6.07) is 4.06. The first kappa shape index (κ1) is 12.7. The summed E-state index contributed by atoms with van der Waals surface area (Å²) in [5, 5.41) is 0. The molecule has 0 atom stereocenters. The molecule has 0 N–H and O–H groups in total. The van der Waals surface area contributed by atoms with Gasteiger partial charge in [-0.15, -0.1) is 0 Å². The molecule has 1 aliphatic rings. The molecular weight excluding hydrogens is 230 g/mol. The largest absolute Gasteiger partial charge is 0.491 e. The molecule has 1 heterocycles. The van der Waals surface area contributed by atoms with Gasteiger partial charge in [-0.25, -0.2) is 0 Å². The van der Waals surface area contributed by atoms with Gasteiger partial charge in [0.15, 0.2) is 0 Å². The maximum atomic E-state index is 5.97. The molecule has 0 amide bonds. The lowest BCUT2D eigenvalue weighted by molar-refractivity contribution is 0.0821. The van der Waals surface area contributed by atoms with Crippen LogP contribution >= 0.6 is 12.6 Å². The van der Waals surface area contributed by atoms with E-state index in [9.17, 15) is 0 Å². The van der Waals surface area contributed by atoms with Gasteiger partial charge in [-0.3, -0.25) is 4.98 Å². The van der Waals surface area contributed by atoms with E-state index in [0.717, 1.165) is 35.9 Å². The third kappa shape index (κ3) is 2.76. The van der Waals surface area contributed by atoms with Gasteiger partial charge in [0.1, 0.15) is 5.75 Å². The van der Waals surface area contributed by atoms with Crippen LogP contribution < -0.4 is 4.74 Å². The molecule has 0 aromatic carbocycles. The second kappa shape index (κ2) is 5.30. The SMILES string of the molecule is CCc1nc(C)ccc1OCC1(CS)CCC1. The van der Waals surface area contributed by atoms with Crippen LogP contribution in [0.3, 0.4) is 0 Å². The fourth-order valence-electron chi connectivity index (χ4n) is 2.24. The van der Waals surface area contributed by atoms with Crippen LogP contribution in [0.2, 0.25) is 0 Å². The minimum absolute atomic E-state index is 0.318. The molecule has 0 radical (unpaired) electrons. The summed E-state index contributed by atoms with van der Waals surface area (Å²) in [6.45, 7) is 4.92. The third-order valence-electron chi connectivity index (χ3n) is 3.69. The average molecular weight is 251 g/mol. The fourth-order valence-corrected chi connectivity index (χ4v) is 2.65. The predicted molar refractivity (Wildman–Crippen MR) is 74.0 cm³/mol. The Morgan fingerprint density at radius 2 is 2.18 bits per heavy atom. The predicted octanol–water partition coefficient (Wildman–Crippen LogP) is 3.43. The van der Waals surface area contributed by atoms with Crippen LogP contribution in [0.15, 0.2) is 12.1 Å². The Morgan fingerprint density at radius 1 is 1.41 bits per heavy atom. The van der Waals surface area contributed by atoms with E-state index in [-0.39, 0.29) is 0 Å². The second-order valence-electron chi connectivity index (χ2n) is 5.05. The van der Waals surface area contributed by atoms with Crippen molar-refractivity contribution in [1.29, 1.82) is 0 Å². The molecule has 1 fully saturated rings. The van der Waals surface area contributed by atoms with Crippen molar-refractivity contribution in [3.63, 3.8) is 0 Å². The first-order valence-electron chi connectivity index (χ1n) is 6.39. The number of rotatable bonds is 5. The highest BCUT2D eigenvalue weighted by Crippen LogP contribution is 2.42. The molecule has 2 rings (SSSR count). The van der Waals surface area contributed by atoms with Crippen molar-refractivity contribution in [2.24, 2.45) is 5.41 Å². The molecule has 0 bridgehead atoms. The van der Waals surface area contributed by atoms with Crippen LogP contribution in [0, 0.1) is 12.3 Å². The number of hydrogen-bond donors (Lipinski definition) is 1. The van der Waals surface area contributed by atoms with Crippen LogP contribution in [-0.2, 0) is 6.42 Å². The number of ether oxygens (including phenoxy) is 1. The van der Waals surface area contributed by atoms with Gasteiger partial charge in [0.05, 0.1) is 12.3 Å². The summed E-state index contributed by atoms with van der Waals surface area (Å²) in [7, 11) is 0. The van der Waals surface area contributed by atoms with Gasteiger partial charge in [0.25, 0.3) is 0 Å². The van der Waals surface area contributed by atoms with Crippen LogP contribution in [0.4, 0.5) is 0 Å². The summed E-state index contributed by atoms with van der Waals surface area (Å²) in [6.07, 6.45) is 4.73. The smallest absolute Gasteiger partial charge is 0.140 e. The van der Waals surface area contributed by atoms with Crippen molar-refractivity contribution < 1.29 is 4.74 Å². The number of nitrogens with zero attached hydrogens (tertiary/aromatic N) is 1. The van der Waals surface area contributed by atoms with Gasteiger partial charge in [-0.1, -0.05) is 13.3 Å². The number of aryl methyl sites for hydroxylation is 2. The van der Waals surface area contributed by atoms with E-state index in [1.165, 1.54) is 19.3 Å². The van der Waals surface area contributed by atoms with Gasteiger partial charge in [-0.05, 0) is 44.1 Å². The minimum Gasteiger partial charge on any atom is -0.491 e. The summed E-state index contributed by atoms with van der Waals surface area (Å²) in [5.74, 6) is 1.87. The topological polar surface area (TPSA) is 22.1 Å². The van der Waals surface area contributed by atoms with Gasteiger partial charge in [0, 0.05) is 11.1 Å². The molecule has 17 heavy (non-hydrogen) atoms. The van der Waals surface area contributed by atoms with Crippen molar-refractivity contribution in [3.8, 4) is 5.75 Å². The lowest BCUT2D eigenvalue weighted by Gasteiger charge is -2.40. The molecular formula is C14H21NOS. The van der Waals surface area contributed by atoms with Crippen molar-refractivity contribution in [3.05, 3.63) is 23.5 Å². The minimum atomic E-state index is 0.318. The zero-order chi connectivity index (χ0) is 12.3. The van der Waals surface area contributed by atoms with E-state index in [0.29, 0.717) is 5.41 Å². The molecule has 0 saturated heterocycles. The Kier molecular flexibility index (Phi) is 3.97. The van der Waals surface area contributed by atoms with E-state index < -0.39 is 0 Å². The first-order chi connectivity index (χ1) is 8.19. The first-order valence-corrected chi connectivity index (χ1v) is 7.02. The van der Waals surface area contributed by atoms with Gasteiger partial charge in [0.2, 0.25) is 0 Å². The zero-order valence-electron chi connectivity index (χ0n) is 10.7. The van der Waals surface area contributed by atoms with Crippen molar-refractivity contribution in [2.75, 3.05) is 12.4 Å². The van der Waals surface area contributed by atoms with Gasteiger partial charge < -0.3 is 4.74 Å². The normalized spacial score (nSPS) is 17.6. The highest BCUT2D eigenvalue weighted by atomic mass is 32.1. The van der Waals surface area contributed by atoms with Crippen LogP contribution in [0.5, 0.6) is 5.75 Å². The quantitative estimate of drug-likeness (QED) is 0.810. The molecule has 1 aromatic rings. The number of hydrogen-bond acceptors (Lipinski definition) is 3. The van der Waals surface area contributed by atoms with E-state index in [1.54, 1.807) is 0 Å². The Morgan fingerprint density at radius 3 is 2.71 bits per heavy atom. The standard InChI is InChI=1S/C14H21NOS/c1-3-12-13(6-5-11(2)15-12)16-9-14(10-17)7-4-8-14/h5-6,17H,3-4,7-10H2,1-2H3. The van der Waals surface area contributed by atoms with Crippen LogP contribution in [0.25, 0.3) is 0 Å². The third-order valence-corrected chi connectivity index (χ3v) is 4.36. The molecule has 2 nitrogen and oxygen atoms in total. The molecule has 1 aromatic heterocycles. The number of pyridine rings is 1. The maximum absolute atomic E-state index is 5.97. The monoisotopic (exact) mass is 251 g/mol. The molecule has 0 aliphatic heterocycles. The molecule has 3 heteroatoms. The van der Waals surface area contributed by atoms with Crippen molar-refractivity contribution in [2.45, 2.75) is 39.5 Å². The summed E-state index contributed by atoms with van der Waals surface area (Å²) < 4.78 is 5.97. The fraction of sp³-hybridized carbons (Fsp3) is 0.643. The molecule has 1 saturated carbocycles. The number of aromatic nitrogens is 1. The molecule has 1 aliphatic carbocycles. The van der Waals surface area contributed by atoms with Crippen LogP contribution in [0.1, 0.15) is 37.6 Å². The average Bonchev–Trinajstić information content (AvgIpc) is 2.29. The van der Waals surface area contributed by atoms with E-state index in [4.69, 9.17) is 4.74 Å². The lowest BCUT2D eigenvalue weighted by atomic mass is 9.71. The Balaban J connectivity index is 2.03. The Labute approximate surface area is 109 Å². The van der Waals surface area contributed by atoms with Gasteiger partial charge >= 0.3 is 0 Å². The zero-order valence-corrected chi connectivity index (χ0v) is 11.6. The van der Waals surface area contributed by atoms with Gasteiger partial charge in [-0.2, -0.15) is 12.6 Å². The number of thiol groups is 1. The Bertz CT molecular complexity index is 382. The van der Waals surface area contributed by atoms with Crippen molar-refractivity contribution in [1.82, 2.24) is 4.98 Å².